The number of aliphatic hydroxyl groups is 1. The van der Waals surface area contributed by atoms with Crippen molar-refractivity contribution < 1.29 is 41.9 Å². The molecule has 304 valence electrons. The molecule has 3 heterocycles. The van der Waals surface area contributed by atoms with Gasteiger partial charge in [0.05, 0.1) is 0 Å². The van der Waals surface area contributed by atoms with E-state index in [1.807, 2.05) is 13.8 Å². The second kappa shape index (κ2) is 15.5. The van der Waals surface area contributed by atoms with Crippen LogP contribution in [-0.4, -0.2) is 48.2 Å². The third kappa shape index (κ3) is 8.05. The number of para-hydroxylation sites is 3. The molecule has 0 unspecified atom stereocenters. The van der Waals surface area contributed by atoms with Crippen LogP contribution in [0.1, 0.15) is 166 Å². The summed E-state index contributed by atoms with van der Waals surface area (Å²) in [5, 5.41) is 11.8. The van der Waals surface area contributed by atoms with Crippen molar-refractivity contribution in [3.8, 4) is 17.2 Å². The Balaban J connectivity index is 1.66. The van der Waals surface area contributed by atoms with Gasteiger partial charge in [-0.2, -0.15) is 0 Å². The van der Waals surface area contributed by atoms with Crippen molar-refractivity contribution in [3.63, 3.8) is 0 Å². The SMILES string of the molecule is CC(C)c1cccc(C(C)C)c1OP1(Oc2c(C(C)C)cccc2C(C)C)(Oc2c(C(C)C)cccc2C(C)C)OC[C@H]([C@H]2O[C@@H]3OC(C)(C)O[C@@H]3[C@H]2O)O1. The molecule has 1 N–H and O–H groups in total. The fourth-order valence-corrected chi connectivity index (χ4v) is 10.9. The van der Waals surface area contributed by atoms with Crippen LogP contribution in [0.5, 0.6) is 17.2 Å². The van der Waals surface area contributed by atoms with Crippen LogP contribution in [0.3, 0.4) is 0 Å². The van der Waals surface area contributed by atoms with Crippen molar-refractivity contribution in [2.45, 2.75) is 169 Å². The van der Waals surface area contributed by atoms with E-state index in [1.54, 1.807) is 0 Å². The molecule has 3 aliphatic heterocycles. The van der Waals surface area contributed by atoms with E-state index in [2.05, 4.69) is 138 Å². The van der Waals surface area contributed by atoms with Gasteiger partial charge in [-0.3, -0.25) is 0 Å². The molecule has 3 saturated heterocycles. The molecule has 3 fully saturated rings. The van der Waals surface area contributed by atoms with Crippen molar-refractivity contribution in [1.29, 1.82) is 0 Å². The van der Waals surface area contributed by atoms with Gasteiger partial charge in [0.25, 0.3) is 0 Å². The third-order valence-corrected chi connectivity index (χ3v) is 13.5. The average molecular weight is 781 g/mol. The van der Waals surface area contributed by atoms with Gasteiger partial charge in [0.1, 0.15) is 0 Å². The molecule has 0 amide bonds. The van der Waals surface area contributed by atoms with Crippen LogP contribution in [0.4, 0.5) is 0 Å². The molecule has 9 nitrogen and oxygen atoms in total. The number of fused-ring (bicyclic) bond motifs is 1. The molecular weight excluding hydrogens is 715 g/mol. The molecule has 0 radical (unpaired) electrons. The van der Waals surface area contributed by atoms with Gasteiger partial charge in [0.15, 0.2) is 0 Å². The number of hydrogen-bond acceptors (Lipinski definition) is 9. The second-order valence-corrected chi connectivity index (χ2v) is 20.3. The molecule has 0 aliphatic carbocycles. The van der Waals surface area contributed by atoms with Crippen LogP contribution in [-0.2, 0) is 23.3 Å². The van der Waals surface area contributed by atoms with Gasteiger partial charge in [-0.05, 0) is 0 Å². The fraction of sp³-hybridized carbons (Fsp3) is 0.600. The van der Waals surface area contributed by atoms with E-state index in [1.165, 1.54) is 0 Å². The zero-order valence-electron chi connectivity index (χ0n) is 35.4. The first-order chi connectivity index (χ1) is 25.8. The Morgan fingerprint density at radius 3 is 1.22 bits per heavy atom. The normalized spacial score (nSPS) is 26.3. The zero-order chi connectivity index (χ0) is 40.2. The number of benzene rings is 3. The van der Waals surface area contributed by atoms with E-state index < -0.39 is 44.2 Å². The summed E-state index contributed by atoms with van der Waals surface area (Å²) in [6.45, 7) is 29.3. The van der Waals surface area contributed by atoms with Gasteiger partial charge < -0.3 is 0 Å². The average Bonchev–Trinajstić information content (AvgIpc) is 3.72. The minimum absolute atomic E-state index is 0.0506. The molecule has 0 saturated carbocycles. The van der Waals surface area contributed by atoms with Crippen LogP contribution >= 0.6 is 7.74 Å². The van der Waals surface area contributed by atoms with Crippen molar-refractivity contribution in [1.82, 2.24) is 0 Å². The monoisotopic (exact) mass is 780 g/mol. The van der Waals surface area contributed by atoms with Crippen molar-refractivity contribution in [2.24, 2.45) is 0 Å². The third-order valence-electron chi connectivity index (χ3n) is 10.9. The van der Waals surface area contributed by atoms with Crippen molar-refractivity contribution >= 4 is 7.74 Å². The van der Waals surface area contributed by atoms with Crippen molar-refractivity contribution in [2.75, 3.05) is 6.61 Å². The zero-order valence-corrected chi connectivity index (χ0v) is 36.3. The number of ether oxygens (including phenoxy) is 3. The minimum atomic E-state index is -5.41. The Kier molecular flexibility index (Phi) is 11.8. The summed E-state index contributed by atoms with van der Waals surface area (Å²) in [7, 11) is -5.41. The molecule has 10 heteroatoms. The Labute approximate surface area is 329 Å². The number of rotatable bonds is 13. The number of hydrogen-bond donors (Lipinski definition) is 1. The van der Waals surface area contributed by atoms with E-state index in [9.17, 15) is 5.11 Å². The predicted molar refractivity (Wildman–Crippen MR) is 218 cm³/mol. The van der Waals surface area contributed by atoms with E-state index in [4.69, 9.17) is 36.8 Å². The van der Waals surface area contributed by atoms with Gasteiger partial charge in [-0.1, -0.05) is 0 Å². The summed E-state index contributed by atoms with van der Waals surface area (Å²) in [6, 6.07) is 18.7. The maximum absolute atomic E-state index is 11.8. The van der Waals surface area contributed by atoms with Crippen LogP contribution in [0, 0.1) is 0 Å². The summed E-state index contributed by atoms with van der Waals surface area (Å²) in [5.41, 5.74) is 5.81. The predicted octanol–water partition coefficient (Wildman–Crippen LogP) is 11.7. The summed E-state index contributed by atoms with van der Waals surface area (Å²) in [5.74, 6) is 1.36. The van der Waals surface area contributed by atoms with E-state index in [-0.39, 0.29) is 42.1 Å². The van der Waals surface area contributed by atoms with Crippen LogP contribution in [0.2, 0.25) is 0 Å². The molecule has 0 spiro atoms. The molecule has 0 aromatic heterocycles. The molecule has 3 aromatic rings. The first-order valence-electron chi connectivity index (χ1n) is 20.3. The molecule has 5 atom stereocenters. The van der Waals surface area contributed by atoms with E-state index >= 15 is 0 Å². The van der Waals surface area contributed by atoms with Gasteiger partial charge in [0.2, 0.25) is 0 Å². The molecule has 3 aromatic carbocycles. The topological polar surface area (TPSA) is 94.1 Å². The van der Waals surface area contributed by atoms with Gasteiger partial charge in [-0.25, -0.2) is 0 Å². The first kappa shape index (κ1) is 41.9. The fourth-order valence-electron chi connectivity index (χ4n) is 7.87. The van der Waals surface area contributed by atoms with Crippen LogP contribution < -0.4 is 13.6 Å². The molecule has 3 aliphatic rings. The Bertz CT molecular complexity index is 1590. The Morgan fingerprint density at radius 2 is 0.909 bits per heavy atom. The summed E-state index contributed by atoms with van der Waals surface area (Å²) >= 11 is 0. The van der Waals surface area contributed by atoms with Crippen LogP contribution in [0.15, 0.2) is 54.6 Å². The molecule has 0 bridgehead atoms. The molecular formula is C45H65O9P. The van der Waals surface area contributed by atoms with Crippen molar-refractivity contribution in [3.05, 3.63) is 88.0 Å². The van der Waals surface area contributed by atoms with Gasteiger partial charge in [-0.15, -0.1) is 0 Å². The maximum atomic E-state index is 11.8. The van der Waals surface area contributed by atoms with Gasteiger partial charge in [0, 0.05) is 0 Å². The standard InChI is InChI=1S/C45H65O9P/c1-25(2)31-18-15-19-32(26(3)4)39(31)52-55(53-40-33(27(5)6)20-16-21-34(40)28(7)8,54-41-35(29(9)10)22-17-23-36(41)30(11)12)47-24-37(51-55)42-38(46)43-44(48-42)50-45(13,14)49-43/h15-23,25-30,37-38,42-44,46H,24H2,1-14H3/t37-,38+,42-,43-,44-/m1/s1. The van der Waals surface area contributed by atoms with Crippen LogP contribution in [0.25, 0.3) is 0 Å². The number of aliphatic hydroxyl groups excluding tert-OH is 1. The quantitative estimate of drug-likeness (QED) is 0.170. The van der Waals surface area contributed by atoms with Gasteiger partial charge >= 0.3 is 330 Å². The van der Waals surface area contributed by atoms with E-state index in [0.717, 1.165) is 33.4 Å². The summed E-state index contributed by atoms with van der Waals surface area (Å²) in [6.07, 6.45) is -4.37. The molecule has 6 rings (SSSR count). The Morgan fingerprint density at radius 1 is 0.564 bits per heavy atom. The summed E-state index contributed by atoms with van der Waals surface area (Å²) < 4.78 is 55.9. The second-order valence-electron chi connectivity index (χ2n) is 17.7. The summed E-state index contributed by atoms with van der Waals surface area (Å²) in [4.78, 5) is 0. The van der Waals surface area contributed by atoms with E-state index in [0.29, 0.717) is 17.2 Å². The Hall–Kier alpha value is -2.75. The first-order valence-corrected chi connectivity index (χ1v) is 22.1. The molecule has 55 heavy (non-hydrogen) atoms.